The monoisotopic (exact) mass is 419 g/mol. The SMILES string of the molecule is CCNC(=NCc1ccc(OCC(F)(F)F)c(OC)c1)NCC1(C)CCCS1. The highest BCUT2D eigenvalue weighted by atomic mass is 32.2. The van der Waals surface area contributed by atoms with Crippen LogP contribution in [0.15, 0.2) is 23.2 Å². The van der Waals surface area contributed by atoms with E-state index in [1.54, 1.807) is 12.1 Å². The van der Waals surface area contributed by atoms with E-state index >= 15 is 0 Å². The molecule has 1 saturated heterocycles. The maximum absolute atomic E-state index is 12.4. The number of halogens is 3. The van der Waals surface area contributed by atoms with Crippen molar-refractivity contribution in [1.82, 2.24) is 10.6 Å². The molecule has 1 atom stereocenters. The Labute approximate surface area is 168 Å². The van der Waals surface area contributed by atoms with Gasteiger partial charge in [0.2, 0.25) is 0 Å². The molecule has 0 bridgehead atoms. The molecule has 2 N–H and O–H groups in total. The second kappa shape index (κ2) is 10.1. The van der Waals surface area contributed by atoms with E-state index < -0.39 is 12.8 Å². The molecule has 0 spiro atoms. The summed E-state index contributed by atoms with van der Waals surface area (Å²) in [4.78, 5) is 4.57. The predicted molar refractivity (Wildman–Crippen MR) is 107 cm³/mol. The maximum atomic E-state index is 12.4. The molecular formula is C19H28F3N3O2S. The molecule has 1 unspecified atom stereocenters. The topological polar surface area (TPSA) is 54.9 Å². The Morgan fingerprint density at radius 1 is 1.29 bits per heavy atom. The van der Waals surface area contributed by atoms with Crippen LogP contribution in [-0.2, 0) is 6.54 Å². The minimum Gasteiger partial charge on any atom is -0.493 e. The minimum absolute atomic E-state index is 0.0590. The van der Waals surface area contributed by atoms with Gasteiger partial charge in [-0.1, -0.05) is 6.07 Å². The van der Waals surface area contributed by atoms with Gasteiger partial charge in [0.15, 0.2) is 24.1 Å². The molecule has 0 aromatic heterocycles. The van der Waals surface area contributed by atoms with E-state index in [1.807, 2.05) is 18.7 Å². The summed E-state index contributed by atoms with van der Waals surface area (Å²) in [6.07, 6.45) is -1.98. The van der Waals surface area contributed by atoms with Gasteiger partial charge in [-0.15, -0.1) is 0 Å². The number of alkyl halides is 3. The average Bonchev–Trinajstić information content (AvgIpc) is 3.08. The highest BCUT2D eigenvalue weighted by molar-refractivity contribution is 8.00. The molecule has 0 saturated carbocycles. The molecule has 1 aliphatic heterocycles. The molecule has 1 aromatic rings. The number of benzene rings is 1. The molecule has 9 heteroatoms. The lowest BCUT2D eigenvalue weighted by Crippen LogP contribution is -2.43. The van der Waals surface area contributed by atoms with E-state index in [-0.39, 0.29) is 16.2 Å². The van der Waals surface area contributed by atoms with E-state index in [9.17, 15) is 13.2 Å². The Morgan fingerprint density at radius 3 is 2.68 bits per heavy atom. The van der Waals surface area contributed by atoms with Crippen molar-refractivity contribution in [3.63, 3.8) is 0 Å². The van der Waals surface area contributed by atoms with Gasteiger partial charge >= 0.3 is 6.18 Å². The van der Waals surface area contributed by atoms with Crippen molar-refractivity contribution in [1.29, 1.82) is 0 Å². The van der Waals surface area contributed by atoms with Crippen molar-refractivity contribution in [2.75, 3.05) is 32.6 Å². The molecule has 1 heterocycles. The summed E-state index contributed by atoms with van der Waals surface area (Å²) in [7, 11) is 1.40. The van der Waals surface area contributed by atoms with Gasteiger partial charge in [0.25, 0.3) is 0 Å². The number of aliphatic imine (C=N–C) groups is 1. The van der Waals surface area contributed by atoms with E-state index in [2.05, 4.69) is 22.5 Å². The number of hydrogen-bond donors (Lipinski definition) is 2. The van der Waals surface area contributed by atoms with Crippen LogP contribution in [0.5, 0.6) is 11.5 Å². The van der Waals surface area contributed by atoms with Gasteiger partial charge in [-0.3, -0.25) is 0 Å². The van der Waals surface area contributed by atoms with Gasteiger partial charge in [0, 0.05) is 17.8 Å². The molecule has 1 aliphatic rings. The van der Waals surface area contributed by atoms with Crippen molar-refractivity contribution in [2.24, 2.45) is 4.99 Å². The van der Waals surface area contributed by atoms with E-state index in [1.165, 1.54) is 31.8 Å². The van der Waals surface area contributed by atoms with Crippen molar-refractivity contribution in [3.05, 3.63) is 23.8 Å². The van der Waals surface area contributed by atoms with Crippen molar-refractivity contribution in [3.8, 4) is 11.5 Å². The highest BCUT2D eigenvalue weighted by Gasteiger charge is 2.30. The Balaban J connectivity index is 2.00. The predicted octanol–water partition coefficient (Wildman–Crippen LogP) is 3.98. The highest BCUT2D eigenvalue weighted by Crippen LogP contribution is 2.37. The summed E-state index contributed by atoms with van der Waals surface area (Å²) in [6.45, 7) is 4.84. The third-order valence-electron chi connectivity index (χ3n) is 4.31. The number of nitrogens with one attached hydrogen (secondary N) is 2. The zero-order valence-corrected chi connectivity index (χ0v) is 17.3. The van der Waals surface area contributed by atoms with Gasteiger partial charge < -0.3 is 20.1 Å². The third kappa shape index (κ3) is 7.33. The summed E-state index contributed by atoms with van der Waals surface area (Å²) in [5.41, 5.74) is 0.815. The van der Waals surface area contributed by atoms with Crippen LogP contribution in [0.3, 0.4) is 0 Å². The van der Waals surface area contributed by atoms with Crippen molar-refractivity contribution < 1.29 is 22.6 Å². The van der Waals surface area contributed by atoms with Crippen LogP contribution in [0.2, 0.25) is 0 Å². The molecule has 0 aliphatic carbocycles. The van der Waals surface area contributed by atoms with Crippen molar-refractivity contribution >= 4 is 17.7 Å². The lowest BCUT2D eigenvalue weighted by atomic mass is 10.1. The normalized spacial score (nSPS) is 20.1. The van der Waals surface area contributed by atoms with Crippen LogP contribution in [0.25, 0.3) is 0 Å². The smallest absolute Gasteiger partial charge is 0.422 e. The number of methoxy groups -OCH3 is 1. The number of rotatable bonds is 8. The number of guanidine groups is 1. The Morgan fingerprint density at radius 2 is 2.07 bits per heavy atom. The average molecular weight is 420 g/mol. The Hall–Kier alpha value is -1.77. The van der Waals surface area contributed by atoms with Gasteiger partial charge in [0.1, 0.15) is 0 Å². The largest absolute Gasteiger partial charge is 0.493 e. The second-order valence-electron chi connectivity index (χ2n) is 6.84. The maximum Gasteiger partial charge on any atom is 0.422 e. The fraction of sp³-hybridized carbons (Fsp3) is 0.632. The van der Waals surface area contributed by atoms with Gasteiger partial charge in [0.05, 0.1) is 13.7 Å². The summed E-state index contributed by atoms with van der Waals surface area (Å²) in [6, 6.07) is 4.81. The zero-order valence-electron chi connectivity index (χ0n) is 16.5. The van der Waals surface area contributed by atoms with Crippen LogP contribution in [0, 0.1) is 0 Å². The number of ether oxygens (including phenoxy) is 2. The summed E-state index contributed by atoms with van der Waals surface area (Å²) < 4.78 is 47.2. The first-order valence-corrected chi connectivity index (χ1v) is 10.3. The molecule has 1 fully saturated rings. The molecular weight excluding hydrogens is 391 g/mol. The number of thioether (sulfide) groups is 1. The van der Waals surface area contributed by atoms with Crippen LogP contribution < -0.4 is 20.1 Å². The molecule has 2 rings (SSSR count). The van der Waals surface area contributed by atoms with E-state index in [0.29, 0.717) is 12.5 Å². The zero-order chi connectivity index (χ0) is 20.6. The van der Waals surface area contributed by atoms with Crippen LogP contribution in [0.4, 0.5) is 13.2 Å². The molecule has 0 amide bonds. The first-order chi connectivity index (χ1) is 13.2. The molecule has 1 aromatic carbocycles. The Kier molecular flexibility index (Phi) is 8.15. The lowest BCUT2D eigenvalue weighted by molar-refractivity contribution is -0.153. The molecule has 0 radical (unpaired) electrons. The fourth-order valence-corrected chi connectivity index (χ4v) is 4.09. The first kappa shape index (κ1) is 22.5. The number of nitrogens with zero attached hydrogens (tertiary/aromatic N) is 1. The third-order valence-corrected chi connectivity index (χ3v) is 5.85. The lowest BCUT2D eigenvalue weighted by Gasteiger charge is -2.24. The van der Waals surface area contributed by atoms with Gasteiger partial charge in [-0.25, -0.2) is 4.99 Å². The molecule has 28 heavy (non-hydrogen) atoms. The first-order valence-electron chi connectivity index (χ1n) is 9.27. The Bertz CT molecular complexity index is 662. The summed E-state index contributed by atoms with van der Waals surface area (Å²) in [5.74, 6) is 2.22. The molecule has 158 valence electrons. The second-order valence-corrected chi connectivity index (χ2v) is 8.52. The fourth-order valence-electron chi connectivity index (χ4n) is 2.85. The standard InChI is InChI=1S/C19H28F3N3O2S/c1-4-23-17(25-12-18(2)8-5-9-28-18)24-11-14-6-7-15(16(10-14)26-3)27-13-19(20,21)22/h6-7,10H,4-5,8-9,11-13H2,1-3H3,(H2,23,24,25). The van der Waals surface area contributed by atoms with E-state index in [0.717, 1.165) is 18.7 Å². The summed E-state index contributed by atoms with van der Waals surface area (Å²) in [5, 5.41) is 6.61. The van der Waals surface area contributed by atoms with E-state index in [4.69, 9.17) is 9.47 Å². The number of hydrogen-bond acceptors (Lipinski definition) is 4. The molecule has 5 nitrogen and oxygen atoms in total. The van der Waals surface area contributed by atoms with Crippen LogP contribution in [-0.4, -0.2) is 49.4 Å². The van der Waals surface area contributed by atoms with Crippen molar-refractivity contribution in [2.45, 2.75) is 44.2 Å². The quantitative estimate of drug-likeness (QED) is 0.493. The van der Waals surface area contributed by atoms with Crippen LogP contribution in [0.1, 0.15) is 32.3 Å². The minimum atomic E-state index is -4.39. The summed E-state index contributed by atoms with van der Waals surface area (Å²) >= 11 is 1.98. The van der Waals surface area contributed by atoms with Gasteiger partial charge in [-0.05, 0) is 50.1 Å². The van der Waals surface area contributed by atoms with Crippen LogP contribution >= 0.6 is 11.8 Å². The van der Waals surface area contributed by atoms with Gasteiger partial charge in [-0.2, -0.15) is 24.9 Å².